The summed E-state index contributed by atoms with van der Waals surface area (Å²) in [4.78, 5) is 21.8. The number of rotatable bonds is 3. The van der Waals surface area contributed by atoms with Crippen LogP contribution in [0, 0.1) is 0 Å². The normalized spacial score (nSPS) is 9.73. The first-order valence-electron chi connectivity index (χ1n) is 4.36. The molecule has 2 N–H and O–H groups in total. The third-order valence-electron chi connectivity index (χ3n) is 1.75. The summed E-state index contributed by atoms with van der Waals surface area (Å²) in [5.41, 5.74) is 0.615. The summed E-state index contributed by atoms with van der Waals surface area (Å²) in [6.45, 7) is 1.73. The van der Waals surface area contributed by atoms with Crippen LogP contribution in [-0.2, 0) is 4.79 Å². The van der Waals surface area contributed by atoms with E-state index in [0.717, 1.165) is 0 Å². The Bertz CT molecular complexity index is 404. The van der Waals surface area contributed by atoms with Gasteiger partial charge in [-0.3, -0.25) is 4.79 Å². The molecule has 4 nitrogen and oxygen atoms in total. The lowest BCUT2D eigenvalue weighted by atomic mass is 10.2. The second-order valence-electron chi connectivity index (χ2n) is 2.94. The second kappa shape index (κ2) is 4.93. The number of nitrogens with one attached hydrogen (secondary N) is 1. The Balaban J connectivity index is 2.98. The highest BCUT2D eigenvalue weighted by atomic mass is 79.9. The summed E-state index contributed by atoms with van der Waals surface area (Å²) in [6.07, 6.45) is 0.356. The molecule has 0 aliphatic heterocycles. The Morgan fingerprint density at radius 3 is 2.60 bits per heavy atom. The Hall–Kier alpha value is -1.36. The van der Waals surface area contributed by atoms with E-state index in [4.69, 9.17) is 5.11 Å². The molecule has 1 rings (SSSR count). The fourth-order valence-corrected chi connectivity index (χ4v) is 1.53. The van der Waals surface area contributed by atoms with E-state index >= 15 is 0 Å². The van der Waals surface area contributed by atoms with Crippen LogP contribution < -0.4 is 5.32 Å². The zero-order valence-corrected chi connectivity index (χ0v) is 9.67. The number of aromatic carboxylic acids is 1. The van der Waals surface area contributed by atoms with Gasteiger partial charge in [0.25, 0.3) is 0 Å². The molecule has 0 aliphatic rings. The first kappa shape index (κ1) is 11.7. The van der Waals surface area contributed by atoms with Crippen LogP contribution in [-0.4, -0.2) is 17.0 Å². The van der Waals surface area contributed by atoms with Gasteiger partial charge in [-0.15, -0.1) is 0 Å². The van der Waals surface area contributed by atoms with Crippen LogP contribution in [0.2, 0.25) is 0 Å². The summed E-state index contributed by atoms with van der Waals surface area (Å²) < 4.78 is 0.619. The van der Waals surface area contributed by atoms with Crippen LogP contribution in [0.3, 0.4) is 0 Å². The van der Waals surface area contributed by atoms with Crippen molar-refractivity contribution in [1.29, 1.82) is 0 Å². The van der Waals surface area contributed by atoms with Crippen LogP contribution in [0.15, 0.2) is 22.7 Å². The smallest absolute Gasteiger partial charge is 0.335 e. The lowest BCUT2D eigenvalue weighted by molar-refractivity contribution is -0.115. The quantitative estimate of drug-likeness (QED) is 0.888. The summed E-state index contributed by atoms with van der Waals surface area (Å²) in [5, 5.41) is 11.4. The molecule has 0 aliphatic carbocycles. The van der Waals surface area contributed by atoms with E-state index < -0.39 is 5.97 Å². The molecule has 0 atom stereocenters. The van der Waals surface area contributed by atoms with Gasteiger partial charge < -0.3 is 10.4 Å². The van der Waals surface area contributed by atoms with E-state index in [1.807, 2.05) is 0 Å². The van der Waals surface area contributed by atoms with Gasteiger partial charge in [-0.05, 0) is 18.2 Å². The number of halogens is 1. The highest BCUT2D eigenvalue weighted by Gasteiger charge is 2.07. The summed E-state index contributed by atoms with van der Waals surface area (Å²) in [5.74, 6) is -1.17. The molecule has 0 heterocycles. The molecular weight excluding hydrogens is 262 g/mol. The fraction of sp³-hybridized carbons (Fsp3) is 0.200. The number of benzene rings is 1. The molecule has 5 heteroatoms. The van der Waals surface area contributed by atoms with Crippen molar-refractivity contribution in [3.8, 4) is 0 Å². The minimum absolute atomic E-state index is 0.135. The van der Waals surface area contributed by atoms with Crippen molar-refractivity contribution >= 4 is 33.5 Å². The molecule has 1 amide bonds. The van der Waals surface area contributed by atoms with E-state index in [1.54, 1.807) is 13.0 Å². The predicted octanol–water partition coefficient (Wildman–Crippen LogP) is 2.50. The van der Waals surface area contributed by atoms with E-state index in [1.165, 1.54) is 12.1 Å². The monoisotopic (exact) mass is 271 g/mol. The number of anilines is 1. The van der Waals surface area contributed by atoms with Crippen LogP contribution in [0.4, 0.5) is 5.69 Å². The minimum Gasteiger partial charge on any atom is -0.478 e. The van der Waals surface area contributed by atoms with E-state index in [0.29, 0.717) is 16.6 Å². The number of amides is 1. The number of hydrogen-bond donors (Lipinski definition) is 2. The molecule has 0 bridgehead atoms. The average Bonchev–Trinajstić information content (AvgIpc) is 2.16. The highest BCUT2D eigenvalue weighted by Crippen LogP contribution is 2.19. The fourth-order valence-electron chi connectivity index (χ4n) is 1.03. The first-order chi connectivity index (χ1) is 7.02. The zero-order chi connectivity index (χ0) is 11.4. The molecular formula is C10H10BrNO3. The maximum atomic E-state index is 11.1. The Labute approximate surface area is 95.4 Å². The molecule has 0 aromatic heterocycles. The van der Waals surface area contributed by atoms with Gasteiger partial charge in [-0.2, -0.15) is 0 Å². The van der Waals surface area contributed by atoms with Gasteiger partial charge in [0.15, 0.2) is 0 Å². The minimum atomic E-state index is -1.02. The number of carboxylic acids is 1. The first-order valence-corrected chi connectivity index (χ1v) is 5.16. The standard InChI is InChI=1S/C10H10BrNO3/c1-2-9(13)12-8-4-6(10(14)15)3-7(11)5-8/h3-5H,2H2,1H3,(H,12,13)(H,14,15). The number of carbonyl (C=O) groups excluding carboxylic acids is 1. The van der Waals surface area contributed by atoms with Gasteiger partial charge in [-0.25, -0.2) is 4.79 Å². The molecule has 0 radical (unpaired) electrons. The molecule has 0 fully saturated rings. The van der Waals surface area contributed by atoms with Gasteiger partial charge >= 0.3 is 5.97 Å². The third-order valence-corrected chi connectivity index (χ3v) is 2.21. The molecule has 0 saturated heterocycles. The highest BCUT2D eigenvalue weighted by molar-refractivity contribution is 9.10. The molecule has 1 aromatic rings. The van der Waals surface area contributed by atoms with Crippen molar-refractivity contribution in [3.63, 3.8) is 0 Å². The topological polar surface area (TPSA) is 66.4 Å². The van der Waals surface area contributed by atoms with E-state index in [2.05, 4.69) is 21.2 Å². The van der Waals surface area contributed by atoms with Crippen LogP contribution >= 0.6 is 15.9 Å². The largest absolute Gasteiger partial charge is 0.478 e. The van der Waals surface area contributed by atoms with Crippen LogP contribution in [0.5, 0.6) is 0 Å². The van der Waals surface area contributed by atoms with Gasteiger partial charge in [0.1, 0.15) is 0 Å². The number of carbonyl (C=O) groups is 2. The summed E-state index contributed by atoms with van der Waals surface area (Å²) in [7, 11) is 0. The maximum Gasteiger partial charge on any atom is 0.335 e. The Kier molecular flexibility index (Phi) is 3.85. The van der Waals surface area contributed by atoms with Crippen LogP contribution in [0.25, 0.3) is 0 Å². The Morgan fingerprint density at radius 2 is 2.07 bits per heavy atom. The van der Waals surface area contributed by atoms with Gasteiger partial charge in [0.2, 0.25) is 5.91 Å². The summed E-state index contributed by atoms with van der Waals surface area (Å²) in [6, 6.07) is 4.55. The predicted molar refractivity (Wildman–Crippen MR) is 60.0 cm³/mol. The second-order valence-corrected chi connectivity index (χ2v) is 3.85. The number of hydrogen-bond acceptors (Lipinski definition) is 2. The molecule has 1 aromatic carbocycles. The van der Waals surface area contributed by atoms with Crippen molar-refractivity contribution < 1.29 is 14.7 Å². The lowest BCUT2D eigenvalue weighted by Crippen LogP contribution is -2.10. The third kappa shape index (κ3) is 3.36. The van der Waals surface area contributed by atoms with Gasteiger partial charge in [0, 0.05) is 16.6 Å². The molecule has 0 unspecified atom stereocenters. The molecule has 80 valence electrons. The zero-order valence-electron chi connectivity index (χ0n) is 8.08. The molecule has 0 saturated carbocycles. The van der Waals surface area contributed by atoms with Crippen molar-refractivity contribution in [3.05, 3.63) is 28.2 Å². The van der Waals surface area contributed by atoms with Crippen molar-refractivity contribution in [2.75, 3.05) is 5.32 Å². The summed E-state index contributed by atoms with van der Waals surface area (Å²) >= 11 is 3.18. The Morgan fingerprint density at radius 1 is 1.40 bits per heavy atom. The number of carboxylic acid groups (broad SMARTS) is 1. The molecule has 0 spiro atoms. The maximum absolute atomic E-state index is 11.1. The van der Waals surface area contributed by atoms with Gasteiger partial charge in [0.05, 0.1) is 5.56 Å². The SMILES string of the molecule is CCC(=O)Nc1cc(Br)cc(C(=O)O)c1. The van der Waals surface area contributed by atoms with Crippen molar-refractivity contribution in [1.82, 2.24) is 0 Å². The van der Waals surface area contributed by atoms with Crippen molar-refractivity contribution in [2.45, 2.75) is 13.3 Å². The van der Waals surface area contributed by atoms with E-state index in [-0.39, 0.29) is 11.5 Å². The van der Waals surface area contributed by atoms with E-state index in [9.17, 15) is 9.59 Å². The van der Waals surface area contributed by atoms with Crippen molar-refractivity contribution in [2.24, 2.45) is 0 Å². The van der Waals surface area contributed by atoms with Crippen LogP contribution in [0.1, 0.15) is 23.7 Å². The molecule has 15 heavy (non-hydrogen) atoms. The lowest BCUT2D eigenvalue weighted by Gasteiger charge is -2.05. The van der Waals surface area contributed by atoms with Gasteiger partial charge in [-0.1, -0.05) is 22.9 Å². The average molecular weight is 272 g/mol.